The molecule has 0 radical (unpaired) electrons. The molecule has 0 unspecified atom stereocenters. The van der Waals surface area contributed by atoms with Crippen LogP contribution < -0.4 is 9.46 Å². The maximum absolute atomic E-state index is 12.3. The molecule has 0 bridgehead atoms. The predicted molar refractivity (Wildman–Crippen MR) is 86.4 cm³/mol. The summed E-state index contributed by atoms with van der Waals surface area (Å²) in [5.41, 5.74) is 0.495. The van der Waals surface area contributed by atoms with Crippen molar-refractivity contribution in [3.8, 4) is 5.75 Å². The van der Waals surface area contributed by atoms with Crippen molar-refractivity contribution in [2.24, 2.45) is 0 Å². The Morgan fingerprint density at radius 2 is 1.91 bits per heavy atom. The Kier molecular flexibility index (Phi) is 5.22. The Labute approximate surface area is 138 Å². The molecule has 1 heterocycles. The molecule has 0 aliphatic heterocycles. The van der Waals surface area contributed by atoms with E-state index >= 15 is 0 Å². The number of ether oxygens (including phenoxy) is 2. The molecular weight excluding hydrogens is 340 g/mol. The van der Waals surface area contributed by atoms with Crippen LogP contribution in [-0.4, -0.2) is 33.6 Å². The van der Waals surface area contributed by atoms with Crippen LogP contribution in [0.5, 0.6) is 5.75 Å². The molecule has 0 aliphatic rings. The van der Waals surface area contributed by atoms with E-state index in [4.69, 9.17) is 4.74 Å². The lowest BCUT2D eigenvalue weighted by atomic mass is 10.3. The van der Waals surface area contributed by atoms with Gasteiger partial charge in [-0.05, 0) is 31.2 Å². The zero-order valence-electron chi connectivity index (χ0n) is 12.8. The van der Waals surface area contributed by atoms with Crippen molar-refractivity contribution < 1.29 is 22.7 Å². The molecule has 0 saturated carbocycles. The van der Waals surface area contributed by atoms with Crippen LogP contribution >= 0.6 is 11.3 Å². The number of carbonyl (C=O) groups excluding carboxylic acids is 1. The minimum Gasteiger partial charge on any atom is -0.497 e. The van der Waals surface area contributed by atoms with Crippen LogP contribution in [0.15, 0.2) is 29.2 Å². The molecule has 1 aromatic carbocycles. The van der Waals surface area contributed by atoms with E-state index in [1.807, 2.05) is 0 Å². The second-order valence-corrected chi connectivity index (χ2v) is 7.44. The van der Waals surface area contributed by atoms with Crippen molar-refractivity contribution in [1.29, 1.82) is 0 Å². The maximum Gasteiger partial charge on any atom is 0.311 e. The lowest BCUT2D eigenvalue weighted by Crippen LogP contribution is -2.13. The van der Waals surface area contributed by atoms with Gasteiger partial charge >= 0.3 is 5.97 Å². The lowest BCUT2D eigenvalue weighted by molar-refractivity contribution is -0.139. The summed E-state index contributed by atoms with van der Waals surface area (Å²) in [6, 6.07) is 6.00. The van der Waals surface area contributed by atoms with Crippen molar-refractivity contribution in [3.63, 3.8) is 0 Å². The number of anilines is 1. The lowest BCUT2D eigenvalue weighted by Gasteiger charge is -2.06. The molecule has 0 saturated heterocycles. The molecule has 1 N–H and O–H groups in total. The third-order valence-corrected chi connectivity index (χ3v) is 5.44. The van der Waals surface area contributed by atoms with E-state index in [0.717, 1.165) is 16.2 Å². The van der Waals surface area contributed by atoms with E-state index in [9.17, 15) is 13.2 Å². The molecular formula is C14H16N2O5S2. The summed E-state index contributed by atoms with van der Waals surface area (Å²) < 4.78 is 36.6. The van der Waals surface area contributed by atoms with Gasteiger partial charge in [-0.3, -0.25) is 9.52 Å². The number of benzene rings is 1. The minimum absolute atomic E-state index is 0.00307. The van der Waals surface area contributed by atoms with E-state index < -0.39 is 16.0 Å². The van der Waals surface area contributed by atoms with E-state index in [-0.39, 0.29) is 16.4 Å². The molecule has 0 amide bonds. The number of thiazole rings is 1. The number of sulfonamides is 1. The molecule has 0 spiro atoms. The number of hydrogen-bond acceptors (Lipinski definition) is 7. The van der Waals surface area contributed by atoms with Crippen LogP contribution in [0.25, 0.3) is 0 Å². The predicted octanol–water partition coefficient (Wildman–Crippen LogP) is 1.98. The van der Waals surface area contributed by atoms with Gasteiger partial charge in [-0.2, -0.15) is 0 Å². The van der Waals surface area contributed by atoms with Gasteiger partial charge < -0.3 is 9.47 Å². The first-order valence-electron chi connectivity index (χ1n) is 6.55. The Morgan fingerprint density at radius 1 is 1.26 bits per heavy atom. The molecule has 1 aromatic heterocycles. The topological polar surface area (TPSA) is 94.6 Å². The molecule has 0 atom stereocenters. The maximum atomic E-state index is 12.3. The van der Waals surface area contributed by atoms with Crippen molar-refractivity contribution >= 4 is 32.5 Å². The fraction of sp³-hybridized carbons (Fsp3) is 0.286. The van der Waals surface area contributed by atoms with Gasteiger partial charge in [0.2, 0.25) is 0 Å². The van der Waals surface area contributed by atoms with Crippen LogP contribution in [-0.2, 0) is 26.0 Å². The van der Waals surface area contributed by atoms with Gasteiger partial charge in [0.05, 0.1) is 31.2 Å². The average molecular weight is 356 g/mol. The number of carbonyl (C=O) groups is 1. The first kappa shape index (κ1) is 17.2. The first-order chi connectivity index (χ1) is 10.9. The van der Waals surface area contributed by atoms with Gasteiger partial charge in [-0.15, -0.1) is 11.3 Å². The van der Waals surface area contributed by atoms with Gasteiger partial charge in [0.15, 0.2) is 5.13 Å². The number of methoxy groups -OCH3 is 2. The monoisotopic (exact) mass is 356 g/mol. The largest absolute Gasteiger partial charge is 0.497 e. The number of aromatic nitrogens is 1. The zero-order valence-corrected chi connectivity index (χ0v) is 14.5. The number of hydrogen-bond donors (Lipinski definition) is 1. The normalized spacial score (nSPS) is 11.1. The van der Waals surface area contributed by atoms with Crippen LogP contribution in [0.4, 0.5) is 5.13 Å². The number of aryl methyl sites for hydroxylation is 1. The van der Waals surface area contributed by atoms with Crippen LogP contribution in [0.3, 0.4) is 0 Å². The van der Waals surface area contributed by atoms with E-state index in [1.54, 1.807) is 19.1 Å². The number of nitrogens with zero attached hydrogens (tertiary/aromatic N) is 1. The first-order valence-corrected chi connectivity index (χ1v) is 8.85. The van der Waals surface area contributed by atoms with Crippen LogP contribution in [0.1, 0.15) is 10.6 Å². The quantitative estimate of drug-likeness (QED) is 0.795. The van der Waals surface area contributed by atoms with Gasteiger partial charge in [-0.25, -0.2) is 13.4 Å². The summed E-state index contributed by atoms with van der Waals surface area (Å²) >= 11 is 1.16. The molecule has 124 valence electrons. The van der Waals surface area contributed by atoms with Crippen molar-refractivity contribution in [1.82, 2.24) is 4.98 Å². The van der Waals surface area contributed by atoms with Crippen molar-refractivity contribution in [2.45, 2.75) is 18.2 Å². The van der Waals surface area contributed by atoms with E-state index in [1.165, 1.54) is 26.4 Å². The van der Waals surface area contributed by atoms with Gasteiger partial charge in [0, 0.05) is 4.88 Å². The highest BCUT2D eigenvalue weighted by molar-refractivity contribution is 7.93. The highest BCUT2D eigenvalue weighted by atomic mass is 32.2. The summed E-state index contributed by atoms with van der Waals surface area (Å²) in [4.78, 5) is 16.3. The molecule has 23 heavy (non-hydrogen) atoms. The van der Waals surface area contributed by atoms with Crippen LogP contribution in [0.2, 0.25) is 0 Å². The molecule has 0 fully saturated rings. The second kappa shape index (κ2) is 6.97. The van der Waals surface area contributed by atoms with Crippen molar-refractivity contribution in [2.75, 3.05) is 18.9 Å². The Balaban J connectivity index is 2.20. The number of nitrogens with one attached hydrogen (secondary N) is 1. The Morgan fingerprint density at radius 3 is 2.48 bits per heavy atom. The second-order valence-electron chi connectivity index (χ2n) is 4.56. The minimum atomic E-state index is -3.75. The summed E-state index contributed by atoms with van der Waals surface area (Å²) in [5, 5.41) is 0.206. The molecule has 7 nitrogen and oxygen atoms in total. The van der Waals surface area contributed by atoms with E-state index in [0.29, 0.717) is 11.4 Å². The molecule has 2 aromatic rings. The Hall–Kier alpha value is -2.13. The third kappa shape index (κ3) is 4.20. The summed E-state index contributed by atoms with van der Waals surface area (Å²) in [7, 11) is -0.958. The summed E-state index contributed by atoms with van der Waals surface area (Å²) in [6.45, 7) is 1.77. The van der Waals surface area contributed by atoms with Gasteiger partial charge in [0.25, 0.3) is 10.0 Å². The fourth-order valence-corrected chi connectivity index (χ4v) is 3.84. The number of rotatable bonds is 6. The molecule has 0 aliphatic carbocycles. The average Bonchev–Trinajstić information content (AvgIpc) is 2.85. The van der Waals surface area contributed by atoms with Gasteiger partial charge in [0.1, 0.15) is 5.75 Å². The molecule has 2 rings (SSSR count). The highest BCUT2D eigenvalue weighted by Gasteiger charge is 2.18. The van der Waals surface area contributed by atoms with Crippen LogP contribution in [0, 0.1) is 6.92 Å². The van der Waals surface area contributed by atoms with E-state index in [2.05, 4.69) is 14.4 Å². The zero-order chi connectivity index (χ0) is 17.0. The van der Waals surface area contributed by atoms with Crippen molar-refractivity contribution in [3.05, 3.63) is 34.8 Å². The third-order valence-electron chi connectivity index (χ3n) is 3.02. The summed E-state index contributed by atoms with van der Waals surface area (Å²) in [5.74, 6) is 0.136. The molecule has 9 heteroatoms. The fourth-order valence-electron chi connectivity index (χ4n) is 1.77. The number of esters is 1. The smallest absolute Gasteiger partial charge is 0.311 e. The summed E-state index contributed by atoms with van der Waals surface area (Å²) in [6.07, 6.45) is 0.00307. The van der Waals surface area contributed by atoms with Gasteiger partial charge in [-0.1, -0.05) is 0 Å². The standard InChI is InChI=1S/C14H16N2O5S2/c1-9-12(8-13(17)21-3)15-14(22-9)16-23(18,19)11-6-4-10(20-2)5-7-11/h4-7H,8H2,1-3H3,(H,15,16). The Bertz CT molecular complexity index is 797. The highest BCUT2D eigenvalue weighted by Crippen LogP contribution is 2.25. The SMILES string of the molecule is COC(=O)Cc1nc(NS(=O)(=O)c2ccc(OC)cc2)sc1C.